The second-order valence-corrected chi connectivity index (χ2v) is 1.97. The van der Waals surface area contributed by atoms with Crippen molar-refractivity contribution >= 4 is 0 Å². The molecule has 1 nitrogen and oxygen atoms in total. The van der Waals surface area contributed by atoms with E-state index in [0.717, 1.165) is 5.92 Å². The normalized spacial score (nSPS) is 37.3. The molecule has 1 aliphatic heterocycles. The largest absolute Gasteiger partial charge is 0.388 e. The molecule has 32 valence electrons. The first-order valence-electron chi connectivity index (χ1n) is 2.41. The summed E-state index contributed by atoms with van der Waals surface area (Å²) in [6.45, 7) is 1.24. The molecule has 1 aliphatic carbocycles. The first-order chi connectivity index (χ1) is 2.97. The Morgan fingerprint density at radius 1 is 1.83 bits per heavy atom. The van der Waals surface area contributed by atoms with Crippen LogP contribution in [0.15, 0.2) is 11.8 Å². The molecule has 0 aromatic carbocycles. The van der Waals surface area contributed by atoms with E-state index in [4.69, 9.17) is 0 Å². The van der Waals surface area contributed by atoms with Gasteiger partial charge in [0.25, 0.3) is 0 Å². The van der Waals surface area contributed by atoms with Gasteiger partial charge in [0, 0.05) is 18.2 Å². The molecule has 1 fully saturated rings. The molecule has 2 rings (SSSR count). The van der Waals surface area contributed by atoms with E-state index in [0.29, 0.717) is 0 Å². The summed E-state index contributed by atoms with van der Waals surface area (Å²) in [4.78, 5) is 0. The van der Waals surface area contributed by atoms with Crippen molar-refractivity contribution in [2.75, 3.05) is 6.54 Å². The molecule has 1 N–H and O–H groups in total. The lowest BCUT2D eigenvalue weighted by atomic mass is 9.84. The average Bonchev–Trinajstić information content (AvgIpc) is 1.54. The number of hydrogen-bond donors (Lipinski definition) is 1. The molecule has 0 saturated carbocycles. The standard InChI is InChI=1S/C5H7N/c1-2-5-4(1)3-6-5/h2,4,6H,1,3H2. The van der Waals surface area contributed by atoms with Crippen LogP contribution in [-0.2, 0) is 0 Å². The van der Waals surface area contributed by atoms with Crippen LogP contribution in [-0.4, -0.2) is 6.54 Å². The maximum atomic E-state index is 3.21. The van der Waals surface area contributed by atoms with Gasteiger partial charge in [-0.25, -0.2) is 0 Å². The Labute approximate surface area is 37.0 Å². The number of hydrogen-bond acceptors (Lipinski definition) is 1. The van der Waals surface area contributed by atoms with Crippen LogP contribution in [0.3, 0.4) is 0 Å². The first kappa shape index (κ1) is 2.67. The summed E-state index contributed by atoms with van der Waals surface area (Å²) in [5, 5.41) is 3.21. The highest BCUT2D eigenvalue weighted by Gasteiger charge is 2.28. The summed E-state index contributed by atoms with van der Waals surface area (Å²) >= 11 is 0. The summed E-state index contributed by atoms with van der Waals surface area (Å²) in [7, 11) is 0. The molecule has 1 atom stereocenters. The van der Waals surface area contributed by atoms with Gasteiger partial charge in [0.15, 0.2) is 0 Å². The minimum atomic E-state index is 0.963. The van der Waals surface area contributed by atoms with Crippen molar-refractivity contribution in [2.24, 2.45) is 5.92 Å². The van der Waals surface area contributed by atoms with E-state index >= 15 is 0 Å². The van der Waals surface area contributed by atoms with Gasteiger partial charge in [-0.2, -0.15) is 0 Å². The lowest BCUT2D eigenvalue weighted by Crippen LogP contribution is -2.43. The molecule has 1 unspecified atom stereocenters. The predicted octanol–water partition coefficient (Wildman–Crippen LogP) is 0.493. The second-order valence-electron chi connectivity index (χ2n) is 1.97. The molecule has 0 spiro atoms. The monoisotopic (exact) mass is 81.1 g/mol. The Morgan fingerprint density at radius 2 is 2.67 bits per heavy atom. The van der Waals surface area contributed by atoms with E-state index in [1.807, 2.05) is 0 Å². The maximum Gasteiger partial charge on any atom is 0.0229 e. The highest BCUT2D eigenvalue weighted by atomic mass is 15.0. The van der Waals surface area contributed by atoms with E-state index in [1.54, 1.807) is 0 Å². The fraction of sp³-hybridized carbons (Fsp3) is 0.600. The lowest BCUT2D eigenvalue weighted by Gasteiger charge is -2.38. The van der Waals surface area contributed by atoms with Crippen LogP contribution < -0.4 is 5.32 Å². The summed E-state index contributed by atoms with van der Waals surface area (Å²) in [6, 6.07) is 0. The third kappa shape index (κ3) is 0.125. The molecule has 0 amide bonds. The molecule has 0 radical (unpaired) electrons. The van der Waals surface area contributed by atoms with E-state index in [9.17, 15) is 0 Å². The Hall–Kier alpha value is -0.460. The summed E-state index contributed by atoms with van der Waals surface area (Å²) in [5.41, 5.74) is 1.50. The molecular weight excluding hydrogens is 74.1 g/mol. The van der Waals surface area contributed by atoms with Gasteiger partial charge in [0.05, 0.1) is 0 Å². The van der Waals surface area contributed by atoms with Crippen molar-refractivity contribution in [3.63, 3.8) is 0 Å². The zero-order valence-corrected chi connectivity index (χ0v) is 3.57. The van der Waals surface area contributed by atoms with Crippen LogP contribution in [0.2, 0.25) is 0 Å². The Bertz CT molecular complexity index is 105. The van der Waals surface area contributed by atoms with Gasteiger partial charge in [0.1, 0.15) is 0 Å². The Morgan fingerprint density at radius 3 is 2.67 bits per heavy atom. The second kappa shape index (κ2) is 0.625. The molecule has 1 saturated heterocycles. The highest BCUT2D eigenvalue weighted by Crippen LogP contribution is 2.30. The molecule has 0 aromatic heterocycles. The lowest BCUT2D eigenvalue weighted by molar-refractivity contribution is 0.388. The van der Waals surface area contributed by atoms with Crippen molar-refractivity contribution in [3.8, 4) is 0 Å². The topological polar surface area (TPSA) is 12.0 Å². The van der Waals surface area contributed by atoms with E-state index in [1.165, 1.54) is 18.7 Å². The van der Waals surface area contributed by atoms with Crippen LogP contribution in [0.5, 0.6) is 0 Å². The quantitative estimate of drug-likeness (QED) is 0.447. The fourth-order valence-electron chi connectivity index (χ4n) is 0.922. The molecule has 2 aliphatic rings. The molecule has 0 aromatic rings. The average molecular weight is 81.1 g/mol. The van der Waals surface area contributed by atoms with Crippen LogP contribution >= 0.6 is 0 Å². The molecule has 0 bridgehead atoms. The first-order valence-corrected chi connectivity index (χ1v) is 2.41. The fourth-order valence-corrected chi connectivity index (χ4v) is 0.922. The number of fused-ring (bicyclic) bond motifs is 1. The van der Waals surface area contributed by atoms with E-state index in [2.05, 4.69) is 11.4 Å². The zero-order valence-electron chi connectivity index (χ0n) is 3.57. The van der Waals surface area contributed by atoms with Crippen LogP contribution in [0.25, 0.3) is 0 Å². The van der Waals surface area contributed by atoms with Gasteiger partial charge < -0.3 is 5.32 Å². The molecule has 6 heavy (non-hydrogen) atoms. The Kier molecular flexibility index (Phi) is 0.278. The maximum absolute atomic E-state index is 3.21. The Balaban J connectivity index is 2.30. The summed E-state index contributed by atoms with van der Waals surface area (Å²) in [5.74, 6) is 0.963. The van der Waals surface area contributed by atoms with Crippen LogP contribution in [0, 0.1) is 5.92 Å². The molecular formula is C5H7N. The van der Waals surface area contributed by atoms with Crippen molar-refractivity contribution in [2.45, 2.75) is 6.42 Å². The van der Waals surface area contributed by atoms with E-state index in [-0.39, 0.29) is 0 Å². The van der Waals surface area contributed by atoms with Crippen molar-refractivity contribution < 1.29 is 0 Å². The van der Waals surface area contributed by atoms with Gasteiger partial charge >= 0.3 is 0 Å². The van der Waals surface area contributed by atoms with Gasteiger partial charge in [-0.1, -0.05) is 6.08 Å². The summed E-state index contributed by atoms with van der Waals surface area (Å²) < 4.78 is 0. The van der Waals surface area contributed by atoms with Crippen LogP contribution in [0.1, 0.15) is 6.42 Å². The summed E-state index contributed by atoms with van der Waals surface area (Å²) in [6.07, 6.45) is 3.59. The smallest absolute Gasteiger partial charge is 0.0229 e. The van der Waals surface area contributed by atoms with Gasteiger partial charge in [-0.3, -0.25) is 0 Å². The predicted molar refractivity (Wildman–Crippen MR) is 24.2 cm³/mol. The van der Waals surface area contributed by atoms with Crippen molar-refractivity contribution in [3.05, 3.63) is 11.8 Å². The van der Waals surface area contributed by atoms with Crippen molar-refractivity contribution in [1.29, 1.82) is 0 Å². The minimum Gasteiger partial charge on any atom is -0.388 e. The van der Waals surface area contributed by atoms with Gasteiger partial charge in [0.2, 0.25) is 0 Å². The van der Waals surface area contributed by atoms with E-state index < -0.39 is 0 Å². The van der Waals surface area contributed by atoms with Gasteiger partial charge in [-0.15, -0.1) is 0 Å². The highest BCUT2D eigenvalue weighted by molar-refractivity contribution is 5.23. The van der Waals surface area contributed by atoms with Crippen LogP contribution in [0.4, 0.5) is 0 Å². The molecule has 1 heteroatoms. The molecule has 1 heterocycles. The number of rotatable bonds is 0. The third-order valence-corrected chi connectivity index (χ3v) is 1.61. The SMILES string of the molecule is C1=C2NCC2C1. The third-order valence-electron chi connectivity index (χ3n) is 1.61. The van der Waals surface area contributed by atoms with Gasteiger partial charge in [-0.05, 0) is 6.42 Å². The minimum absolute atomic E-state index is 0.963. The van der Waals surface area contributed by atoms with Crippen molar-refractivity contribution in [1.82, 2.24) is 5.32 Å². The zero-order chi connectivity index (χ0) is 3.98. The number of allylic oxidation sites excluding steroid dienone is 1. The number of nitrogens with one attached hydrogen (secondary N) is 1.